The first-order valence-electron chi connectivity index (χ1n) is 8.41. The molecule has 1 aromatic rings. The van der Waals surface area contributed by atoms with Gasteiger partial charge in [-0.25, -0.2) is 4.79 Å². The molecule has 3 amide bonds. The van der Waals surface area contributed by atoms with Crippen molar-refractivity contribution in [1.29, 1.82) is 0 Å². The molecule has 3 N–H and O–H groups in total. The van der Waals surface area contributed by atoms with Crippen LogP contribution in [0.2, 0.25) is 0 Å². The number of carboxylic acids is 1. The third-order valence-corrected chi connectivity index (χ3v) is 4.63. The summed E-state index contributed by atoms with van der Waals surface area (Å²) in [7, 11) is 0. The quantitative estimate of drug-likeness (QED) is 0.741. The maximum atomic E-state index is 13.0. The molecule has 27 heavy (non-hydrogen) atoms. The molecule has 2 aliphatic rings. The lowest BCUT2D eigenvalue weighted by Crippen LogP contribution is -2.35. The number of carbonyl (C=O) groups is 3. The second-order valence-electron chi connectivity index (χ2n) is 6.76. The number of halogens is 3. The van der Waals surface area contributed by atoms with Gasteiger partial charge in [0, 0.05) is 30.4 Å². The number of benzene rings is 1. The molecule has 1 aliphatic carbocycles. The Morgan fingerprint density at radius 2 is 1.85 bits per heavy atom. The molecular formula is C17H18F3N3O4. The predicted octanol–water partition coefficient (Wildman–Crippen LogP) is 2.31. The van der Waals surface area contributed by atoms with Crippen molar-refractivity contribution in [3.8, 4) is 0 Å². The number of anilines is 1. The molecule has 10 heteroatoms. The maximum Gasteiger partial charge on any atom is 0.394 e. The van der Waals surface area contributed by atoms with Crippen molar-refractivity contribution in [3.05, 3.63) is 29.8 Å². The van der Waals surface area contributed by atoms with Crippen LogP contribution in [0.3, 0.4) is 0 Å². The summed E-state index contributed by atoms with van der Waals surface area (Å²) >= 11 is 0. The Balaban J connectivity index is 1.66. The van der Waals surface area contributed by atoms with E-state index in [0.29, 0.717) is 5.56 Å². The minimum atomic E-state index is -4.71. The van der Waals surface area contributed by atoms with Crippen molar-refractivity contribution < 1.29 is 32.7 Å². The van der Waals surface area contributed by atoms with Crippen LogP contribution < -0.4 is 10.6 Å². The van der Waals surface area contributed by atoms with Crippen LogP contribution in [0.4, 0.5) is 23.7 Å². The average molecular weight is 385 g/mol. The zero-order valence-corrected chi connectivity index (χ0v) is 14.1. The minimum absolute atomic E-state index is 0.160. The van der Waals surface area contributed by atoms with E-state index in [1.54, 1.807) is 12.1 Å². The Kier molecular flexibility index (Phi) is 4.99. The Morgan fingerprint density at radius 3 is 2.41 bits per heavy atom. The first kappa shape index (κ1) is 19.0. The van der Waals surface area contributed by atoms with Crippen LogP contribution in [0.15, 0.2) is 24.3 Å². The molecule has 2 fully saturated rings. The highest BCUT2D eigenvalue weighted by molar-refractivity contribution is 5.97. The van der Waals surface area contributed by atoms with E-state index < -0.39 is 43.1 Å². The minimum Gasteiger partial charge on any atom is -0.481 e. The number of nitrogens with zero attached hydrogens (tertiary/aromatic N) is 1. The van der Waals surface area contributed by atoms with E-state index in [-0.39, 0.29) is 17.6 Å². The number of nitrogens with one attached hydrogen (secondary N) is 2. The summed E-state index contributed by atoms with van der Waals surface area (Å²) in [4.78, 5) is 36.2. The van der Waals surface area contributed by atoms with E-state index in [9.17, 15) is 27.6 Å². The zero-order chi connectivity index (χ0) is 19.8. The average Bonchev–Trinajstić information content (AvgIpc) is 3.26. The van der Waals surface area contributed by atoms with Gasteiger partial charge in [-0.15, -0.1) is 0 Å². The van der Waals surface area contributed by atoms with Gasteiger partial charge in [0.15, 0.2) is 0 Å². The highest BCUT2D eigenvalue weighted by Crippen LogP contribution is 2.37. The van der Waals surface area contributed by atoms with Crippen LogP contribution >= 0.6 is 0 Å². The molecule has 1 aromatic carbocycles. The molecule has 1 aliphatic heterocycles. The van der Waals surface area contributed by atoms with Gasteiger partial charge >= 0.3 is 18.2 Å². The molecule has 0 radical (unpaired) electrons. The lowest BCUT2D eigenvalue weighted by molar-refractivity contribution is -0.187. The number of aliphatic carboxylic acids is 1. The summed E-state index contributed by atoms with van der Waals surface area (Å²) in [6.45, 7) is -1.26. The van der Waals surface area contributed by atoms with Gasteiger partial charge in [0.1, 0.15) is 0 Å². The Labute approximate surface area is 152 Å². The van der Waals surface area contributed by atoms with Crippen molar-refractivity contribution in [2.24, 2.45) is 11.8 Å². The Morgan fingerprint density at radius 1 is 1.15 bits per heavy atom. The standard InChI is InChI=1S/C17H18F3N3O4/c18-17(19,20)13-8-23(7-12(13)15(25)26)16(27)22-11-3-1-2-9(6-11)14(24)21-10-4-5-10/h1-3,6,10,12-13H,4-5,7-8H2,(H,21,24)(H,22,27)(H,25,26)/t12-,13-/m1/s1. The monoisotopic (exact) mass is 385 g/mol. The van der Waals surface area contributed by atoms with E-state index in [1.807, 2.05) is 0 Å². The largest absolute Gasteiger partial charge is 0.481 e. The zero-order valence-electron chi connectivity index (χ0n) is 14.1. The summed E-state index contributed by atoms with van der Waals surface area (Å²) in [6.07, 6.45) is -2.87. The second-order valence-corrected chi connectivity index (χ2v) is 6.76. The number of hydrogen-bond donors (Lipinski definition) is 3. The summed E-state index contributed by atoms with van der Waals surface area (Å²) in [5.41, 5.74) is 0.559. The van der Waals surface area contributed by atoms with Crippen LogP contribution in [0.1, 0.15) is 23.2 Å². The molecule has 0 aromatic heterocycles. The fourth-order valence-corrected chi connectivity index (χ4v) is 2.99. The van der Waals surface area contributed by atoms with Crippen molar-refractivity contribution in [1.82, 2.24) is 10.2 Å². The fraction of sp³-hybridized carbons (Fsp3) is 0.471. The Bertz CT molecular complexity index is 764. The van der Waals surface area contributed by atoms with Gasteiger partial charge in [0.05, 0.1) is 11.8 Å². The first-order valence-corrected chi connectivity index (χ1v) is 8.41. The summed E-state index contributed by atoms with van der Waals surface area (Å²) in [5, 5.41) is 14.2. The molecule has 0 spiro atoms. The lowest BCUT2D eigenvalue weighted by Gasteiger charge is -2.19. The van der Waals surface area contributed by atoms with E-state index >= 15 is 0 Å². The number of amides is 3. The molecule has 0 bridgehead atoms. The van der Waals surface area contributed by atoms with Gasteiger partial charge in [-0.1, -0.05) is 6.07 Å². The van der Waals surface area contributed by atoms with Crippen LogP contribution in [0.5, 0.6) is 0 Å². The summed E-state index contributed by atoms with van der Waals surface area (Å²) in [6, 6.07) is 5.34. The molecule has 1 saturated carbocycles. The highest BCUT2D eigenvalue weighted by atomic mass is 19.4. The molecule has 3 rings (SSSR count). The van der Waals surface area contributed by atoms with Crippen LogP contribution in [-0.2, 0) is 4.79 Å². The van der Waals surface area contributed by atoms with E-state index in [2.05, 4.69) is 10.6 Å². The van der Waals surface area contributed by atoms with Gasteiger partial charge in [0.25, 0.3) is 5.91 Å². The summed E-state index contributed by atoms with van der Waals surface area (Å²) < 4.78 is 39.1. The number of likely N-dealkylation sites (tertiary alicyclic amines) is 1. The van der Waals surface area contributed by atoms with Crippen molar-refractivity contribution in [3.63, 3.8) is 0 Å². The number of carboxylic acid groups (broad SMARTS) is 1. The molecule has 146 valence electrons. The topological polar surface area (TPSA) is 98.7 Å². The third-order valence-electron chi connectivity index (χ3n) is 4.63. The van der Waals surface area contributed by atoms with Crippen molar-refractivity contribution in [2.75, 3.05) is 18.4 Å². The number of carbonyl (C=O) groups excluding carboxylic acids is 2. The maximum absolute atomic E-state index is 13.0. The predicted molar refractivity (Wildman–Crippen MR) is 88.2 cm³/mol. The van der Waals surface area contributed by atoms with Gasteiger partial charge in [0.2, 0.25) is 0 Å². The summed E-state index contributed by atoms with van der Waals surface area (Å²) in [5.74, 6) is -5.70. The van der Waals surface area contributed by atoms with E-state index in [1.165, 1.54) is 12.1 Å². The van der Waals surface area contributed by atoms with Gasteiger partial charge < -0.3 is 20.6 Å². The van der Waals surface area contributed by atoms with Crippen LogP contribution in [-0.4, -0.2) is 53.2 Å². The van der Waals surface area contributed by atoms with E-state index in [4.69, 9.17) is 5.11 Å². The number of hydrogen-bond acceptors (Lipinski definition) is 3. The number of urea groups is 1. The van der Waals surface area contributed by atoms with Gasteiger partial charge in [-0.05, 0) is 31.0 Å². The molecule has 1 heterocycles. The first-order chi connectivity index (χ1) is 12.6. The van der Waals surface area contributed by atoms with Crippen molar-refractivity contribution >= 4 is 23.6 Å². The lowest BCUT2D eigenvalue weighted by atomic mass is 9.96. The molecule has 0 unspecified atom stereocenters. The molecule has 1 saturated heterocycles. The number of rotatable bonds is 4. The van der Waals surface area contributed by atoms with Crippen molar-refractivity contribution in [2.45, 2.75) is 25.1 Å². The molecule has 7 nitrogen and oxygen atoms in total. The van der Waals surface area contributed by atoms with Gasteiger partial charge in [-0.2, -0.15) is 13.2 Å². The molecule has 2 atom stereocenters. The second kappa shape index (κ2) is 7.09. The SMILES string of the molecule is O=C(NC1CC1)c1cccc(NC(=O)N2C[C@@H](C(F)(F)F)[C@H](C(=O)O)C2)c1. The smallest absolute Gasteiger partial charge is 0.394 e. The van der Waals surface area contributed by atoms with Crippen LogP contribution in [0, 0.1) is 11.8 Å². The highest BCUT2D eigenvalue weighted by Gasteiger charge is 2.53. The van der Waals surface area contributed by atoms with Crippen LogP contribution in [0.25, 0.3) is 0 Å². The normalized spacial score (nSPS) is 22.4. The number of alkyl halides is 3. The Hall–Kier alpha value is -2.78. The van der Waals surface area contributed by atoms with E-state index in [0.717, 1.165) is 17.7 Å². The van der Waals surface area contributed by atoms with Gasteiger partial charge in [-0.3, -0.25) is 9.59 Å². The molecular weight excluding hydrogens is 367 g/mol. The third kappa shape index (κ3) is 4.50. The fourth-order valence-electron chi connectivity index (χ4n) is 2.99.